The number of rotatable bonds is 3. The van der Waals surface area contributed by atoms with Gasteiger partial charge in [-0.25, -0.2) is 0 Å². The summed E-state index contributed by atoms with van der Waals surface area (Å²) in [7, 11) is 0. The average molecular weight is 178 g/mol. The molecule has 0 aliphatic rings. The second-order valence-electron chi connectivity index (χ2n) is 3.66. The average Bonchev–Trinajstić information content (AvgIpc) is 2.07. The van der Waals surface area contributed by atoms with Gasteiger partial charge in [0.15, 0.2) is 0 Å². The van der Waals surface area contributed by atoms with E-state index < -0.39 is 0 Å². The standard InChI is InChI=1S/C11H18N2/c1-8-4-3-5-10(11(8)13)7-6-9(2)12/h3-5,9H,6-7,12-13H2,1-2H3/t9-/m0/s1. The largest absolute Gasteiger partial charge is 0.398 e. The van der Waals surface area contributed by atoms with E-state index in [1.165, 1.54) is 5.56 Å². The molecule has 0 saturated carbocycles. The van der Waals surface area contributed by atoms with Crippen LogP contribution in [0.2, 0.25) is 0 Å². The molecule has 4 N–H and O–H groups in total. The molecule has 0 spiro atoms. The van der Waals surface area contributed by atoms with Crippen LogP contribution in [-0.4, -0.2) is 6.04 Å². The van der Waals surface area contributed by atoms with E-state index in [4.69, 9.17) is 11.5 Å². The lowest BCUT2D eigenvalue weighted by Gasteiger charge is -2.09. The van der Waals surface area contributed by atoms with E-state index in [9.17, 15) is 0 Å². The molecule has 0 bridgehead atoms. The zero-order chi connectivity index (χ0) is 9.84. The lowest BCUT2D eigenvalue weighted by molar-refractivity contribution is 0.666. The number of anilines is 1. The third-order valence-corrected chi connectivity index (χ3v) is 2.28. The Morgan fingerprint density at radius 2 is 2.08 bits per heavy atom. The van der Waals surface area contributed by atoms with Gasteiger partial charge in [-0.3, -0.25) is 0 Å². The van der Waals surface area contributed by atoms with Crippen LogP contribution in [0.5, 0.6) is 0 Å². The van der Waals surface area contributed by atoms with E-state index in [2.05, 4.69) is 6.07 Å². The first-order valence-electron chi connectivity index (χ1n) is 4.71. The molecule has 2 heteroatoms. The SMILES string of the molecule is Cc1cccc(CC[C@H](C)N)c1N. The van der Waals surface area contributed by atoms with E-state index in [1.54, 1.807) is 0 Å². The van der Waals surface area contributed by atoms with Crippen molar-refractivity contribution in [1.29, 1.82) is 0 Å². The molecule has 0 fully saturated rings. The maximum absolute atomic E-state index is 5.93. The van der Waals surface area contributed by atoms with Gasteiger partial charge in [-0.05, 0) is 37.8 Å². The summed E-state index contributed by atoms with van der Waals surface area (Å²) in [6, 6.07) is 6.40. The zero-order valence-corrected chi connectivity index (χ0v) is 8.38. The fraction of sp³-hybridized carbons (Fsp3) is 0.455. The van der Waals surface area contributed by atoms with E-state index in [-0.39, 0.29) is 6.04 Å². The first-order chi connectivity index (χ1) is 6.11. The Hall–Kier alpha value is -1.02. The van der Waals surface area contributed by atoms with Gasteiger partial charge in [0.25, 0.3) is 0 Å². The quantitative estimate of drug-likeness (QED) is 0.694. The number of benzene rings is 1. The Morgan fingerprint density at radius 3 is 2.69 bits per heavy atom. The van der Waals surface area contributed by atoms with Crippen molar-refractivity contribution in [2.45, 2.75) is 32.7 Å². The number of hydrogen-bond acceptors (Lipinski definition) is 2. The van der Waals surface area contributed by atoms with Gasteiger partial charge in [-0.1, -0.05) is 18.2 Å². The van der Waals surface area contributed by atoms with Crippen LogP contribution >= 0.6 is 0 Å². The summed E-state index contributed by atoms with van der Waals surface area (Å²) in [4.78, 5) is 0. The Balaban J connectivity index is 2.71. The summed E-state index contributed by atoms with van der Waals surface area (Å²) < 4.78 is 0. The second kappa shape index (κ2) is 4.28. The highest BCUT2D eigenvalue weighted by Crippen LogP contribution is 2.18. The molecule has 1 atom stereocenters. The molecule has 0 aromatic heterocycles. The maximum atomic E-state index is 5.93. The van der Waals surface area contributed by atoms with Gasteiger partial charge >= 0.3 is 0 Å². The molecule has 0 saturated heterocycles. The zero-order valence-electron chi connectivity index (χ0n) is 8.38. The van der Waals surface area contributed by atoms with Crippen molar-refractivity contribution in [2.24, 2.45) is 5.73 Å². The molecule has 1 rings (SSSR count). The minimum Gasteiger partial charge on any atom is -0.398 e. The maximum Gasteiger partial charge on any atom is 0.0376 e. The van der Waals surface area contributed by atoms with Crippen molar-refractivity contribution in [3.63, 3.8) is 0 Å². The van der Waals surface area contributed by atoms with Crippen LogP contribution in [0, 0.1) is 6.92 Å². The minimum absolute atomic E-state index is 0.250. The molecule has 0 amide bonds. The van der Waals surface area contributed by atoms with Crippen molar-refractivity contribution >= 4 is 5.69 Å². The van der Waals surface area contributed by atoms with Crippen molar-refractivity contribution in [1.82, 2.24) is 0 Å². The number of nitrogen functional groups attached to an aromatic ring is 1. The smallest absolute Gasteiger partial charge is 0.0376 e. The molecule has 13 heavy (non-hydrogen) atoms. The van der Waals surface area contributed by atoms with Crippen LogP contribution in [0.4, 0.5) is 5.69 Å². The fourth-order valence-electron chi connectivity index (χ4n) is 1.34. The Morgan fingerprint density at radius 1 is 1.38 bits per heavy atom. The summed E-state index contributed by atoms with van der Waals surface area (Å²) in [6.07, 6.45) is 1.97. The molecule has 0 aliphatic heterocycles. The molecule has 72 valence electrons. The number of hydrogen-bond donors (Lipinski definition) is 2. The van der Waals surface area contributed by atoms with Crippen LogP contribution in [-0.2, 0) is 6.42 Å². The third kappa shape index (κ3) is 2.74. The summed E-state index contributed by atoms with van der Waals surface area (Å²) in [5.41, 5.74) is 14.9. The Kier molecular flexibility index (Phi) is 3.32. The summed E-state index contributed by atoms with van der Waals surface area (Å²) >= 11 is 0. The molecule has 0 unspecified atom stereocenters. The normalized spacial score (nSPS) is 12.8. The van der Waals surface area contributed by atoms with Gasteiger partial charge in [0.05, 0.1) is 0 Å². The van der Waals surface area contributed by atoms with Crippen LogP contribution in [0.25, 0.3) is 0 Å². The monoisotopic (exact) mass is 178 g/mol. The van der Waals surface area contributed by atoms with Crippen molar-refractivity contribution in [2.75, 3.05) is 5.73 Å². The van der Waals surface area contributed by atoms with Crippen LogP contribution < -0.4 is 11.5 Å². The van der Waals surface area contributed by atoms with Gasteiger partial charge < -0.3 is 11.5 Å². The third-order valence-electron chi connectivity index (χ3n) is 2.28. The Bertz CT molecular complexity index is 279. The van der Waals surface area contributed by atoms with Gasteiger partial charge in [-0.15, -0.1) is 0 Å². The predicted octanol–water partition coefficient (Wildman–Crippen LogP) is 1.86. The van der Waals surface area contributed by atoms with Crippen LogP contribution in [0.3, 0.4) is 0 Å². The van der Waals surface area contributed by atoms with E-state index >= 15 is 0 Å². The topological polar surface area (TPSA) is 52.0 Å². The molecule has 0 heterocycles. The lowest BCUT2D eigenvalue weighted by atomic mass is 10.0. The highest BCUT2D eigenvalue weighted by molar-refractivity contribution is 5.53. The lowest BCUT2D eigenvalue weighted by Crippen LogP contribution is -2.15. The predicted molar refractivity (Wildman–Crippen MR) is 57.6 cm³/mol. The van der Waals surface area contributed by atoms with Crippen molar-refractivity contribution in [3.8, 4) is 0 Å². The second-order valence-corrected chi connectivity index (χ2v) is 3.66. The number of para-hydroxylation sites is 1. The number of aryl methyl sites for hydroxylation is 2. The summed E-state index contributed by atoms with van der Waals surface area (Å²) in [5, 5.41) is 0. The molecule has 1 aromatic carbocycles. The van der Waals surface area contributed by atoms with Crippen molar-refractivity contribution < 1.29 is 0 Å². The van der Waals surface area contributed by atoms with E-state index in [1.807, 2.05) is 26.0 Å². The minimum atomic E-state index is 0.250. The summed E-state index contributed by atoms with van der Waals surface area (Å²) in [6.45, 7) is 4.05. The number of nitrogens with two attached hydrogens (primary N) is 2. The van der Waals surface area contributed by atoms with Crippen LogP contribution in [0.1, 0.15) is 24.5 Å². The summed E-state index contributed by atoms with van der Waals surface area (Å²) in [5.74, 6) is 0. The van der Waals surface area contributed by atoms with Gasteiger partial charge in [0.2, 0.25) is 0 Å². The van der Waals surface area contributed by atoms with Crippen LogP contribution in [0.15, 0.2) is 18.2 Å². The van der Waals surface area contributed by atoms with Crippen molar-refractivity contribution in [3.05, 3.63) is 29.3 Å². The molecule has 1 aromatic rings. The highest BCUT2D eigenvalue weighted by Gasteiger charge is 2.02. The van der Waals surface area contributed by atoms with E-state index in [0.29, 0.717) is 0 Å². The Labute approximate surface area is 79.9 Å². The first kappa shape index (κ1) is 10.1. The van der Waals surface area contributed by atoms with Gasteiger partial charge in [0, 0.05) is 11.7 Å². The molecule has 0 radical (unpaired) electrons. The molecular formula is C11H18N2. The fourth-order valence-corrected chi connectivity index (χ4v) is 1.34. The van der Waals surface area contributed by atoms with Gasteiger partial charge in [-0.2, -0.15) is 0 Å². The molecule has 0 aliphatic carbocycles. The molecule has 2 nitrogen and oxygen atoms in total. The first-order valence-corrected chi connectivity index (χ1v) is 4.71. The van der Waals surface area contributed by atoms with Gasteiger partial charge in [0.1, 0.15) is 0 Å². The van der Waals surface area contributed by atoms with E-state index in [0.717, 1.165) is 24.1 Å². The highest BCUT2D eigenvalue weighted by atomic mass is 14.6. The molecular weight excluding hydrogens is 160 g/mol.